The van der Waals surface area contributed by atoms with Crippen molar-refractivity contribution in [3.05, 3.63) is 362 Å². The first kappa shape index (κ1) is 71.7. The van der Waals surface area contributed by atoms with Crippen molar-refractivity contribution in [1.82, 2.24) is 49.8 Å². The molecule has 16 aromatic rings. The molecule has 0 unspecified atom stereocenters. The first-order valence-corrected chi connectivity index (χ1v) is 36.2. The van der Waals surface area contributed by atoms with Gasteiger partial charge in [0.25, 0.3) is 0 Å². The van der Waals surface area contributed by atoms with Crippen LogP contribution in [0.5, 0.6) is 0 Å². The maximum Gasteiger partial charge on any atom is 0.494 e. The van der Waals surface area contributed by atoms with Crippen molar-refractivity contribution in [1.29, 1.82) is 5.26 Å². The third-order valence-electron chi connectivity index (χ3n) is 19.0. The minimum absolute atomic E-state index is 0.363. The third kappa shape index (κ3) is 16.7. The molecule has 17 rings (SSSR count). The number of hydrogen-bond donors (Lipinski definition) is 0. The van der Waals surface area contributed by atoms with E-state index < -0.39 is 0 Å². The van der Waals surface area contributed by atoms with Crippen molar-refractivity contribution in [3.8, 4) is 153 Å². The average Bonchev–Trinajstić information content (AvgIpc) is 1.61. The summed E-state index contributed by atoms with van der Waals surface area (Å²) in [5.74, 6) is 4.78. The van der Waals surface area contributed by atoms with E-state index in [1.807, 2.05) is 224 Å². The molecule has 1 aliphatic rings. The Bertz CT molecular complexity index is 5850. The van der Waals surface area contributed by atoms with Crippen LogP contribution in [0.2, 0.25) is 5.02 Å². The summed E-state index contributed by atoms with van der Waals surface area (Å²) in [4.78, 5) is 51.7. The number of benzene rings is 12. The molecule has 1 aliphatic heterocycles. The van der Waals surface area contributed by atoms with E-state index in [0.29, 0.717) is 62.9 Å². The molecule has 0 amide bonds. The van der Waals surface area contributed by atoms with E-state index >= 15 is 0 Å². The zero-order valence-corrected chi connectivity index (χ0v) is 61.2. The van der Waals surface area contributed by atoms with Crippen molar-refractivity contribution in [2.24, 2.45) is 0 Å². The van der Waals surface area contributed by atoms with Crippen LogP contribution in [0.4, 0.5) is 5.69 Å². The van der Waals surface area contributed by atoms with Crippen LogP contribution in [0.25, 0.3) is 152 Å². The van der Waals surface area contributed by atoms with Gasteiger partial charge in [0.05, 0.1) is 52.2 Å². The van der Waals surface area contributed by atoms with Gasteiger partial charge in [-0.15, -0.1) is 0 Å². The molecule has 4 aromatic heterocycles. The number of nitriles is 1. The maximum atomic E-state index is 9.01. The third-order valence-corrected chi connectivity index (χ3v) is 19.2. The highest BCUT2D eigenvalue weighted by Gasteiger charge is 2.51. The average molecular weight is 1440 g/mol. The van der Waals surface area contributed by atoms with Gasteiger partial charge in [-0.1, -0.05) is 297 Å². The lowest BCUT2D eigenvalue weighted by atomic mass is 9.79. The maximum absolute atomic E-state index is 9.01. The molecule has 526 valence electrons. The second-order valence-electron chi connectivity index (χ2n) is 27.0. The van der Waals surface area contributed by atoms with Gasteiger partial charge in [-0.05, 0) is 98.9 Å². The molecule has 0 radical (unpaired) electrons. The van der Waals surface area contributed by atoms with Crippen LogP contribution in [0.3, 0.4) is 0 Å². The molecule has 1 fully saturated rings. The van der Waals surface area contributed by atoms with Crippen molar-refractivity contribution in [2.75, 3.05) is 0 Å². The molecule has 1 saturated heterocycles. The quantitative estimate of drug-likeness (QED) is 0.0743. The Morgan fingerprint density at radius 2 is 0.564 bits per heavy atom. The minimum Gasteiger partial charge on any atom is -0.399 e. The molecule has 0 bridgehead atoms. The van der Waals surface area contributed by atoms with Crippen molar-refractivity contribution in [2.45, 2.75) is 38.9 Å². The monoisotopic (exact) mass is 1440 g/mol. The summed E-state index contributed by atoms with van der Waals surface area (Å²) < 4.78 is 12.4. The van der Waals surface area contributed by atoms with Gasteiger partial charge in [-0.3, -0.25) is 0 Å². The van der Waals surface area contributed by atoms with Crippen LogP contribution < -0.4 is 5.46 Å². The van der Waals surface area contributed by atoms with Crippen molar-refractivity contribution < 1.29 is 9.31 Å². The van der Waals surface area contributed by atoms with E-state index in [1.54, 1.807) is 24.3 Å². The lowest BCUT2D eigenvalue weighted by Gasteiger charge is -2.32. The van der Waals surface area contributed by atoms with Crippen LogP contribution in [-0.4, -0.2) is 68.2 Å². The number of nitrogens with zero attached hydrogens (tertiary/aromatic N) is 12. The van der Waals surface area contributed by atoms with Crippen LogP contribution in [0, 0.1) is 17.9 Å². The van der Waals surface area contributed by atoms with E-state index in [9.17, 15) is 0 Å². The predicted octanol–water partition coefficient (Wildman–Crippen LogP) is 22.1. The number of hydrogen-bond acceptors (Lipinski definition) is 13. The fourth-order valence-corrected chi connectivity index (χ4v) is 12.5. The summed E-state index contributed by atoms with van der Waals surface area (Å²) in [5.41, 5.74) is 18.2. The number of rotatable bonds is 14. The number of halogens is 1. The van der Waals surface area contributed by atoms with E-state index in [0.717, 1.165) is 106 Å². The SMILES string of the molecule is CC1(C)OB(c2ccc(-c3cc(-c4ccccc4)nc(-c4ccccc4)n3)cc2)OC1(C)C.N#Cc1ccc(-c2nc(-c3ccccc3)nc(-c3cccc(Cl)c3)n2)cc1.[C-]#[N+]c1ccc(-c2nc(-c3ccccc3)nc(-c3cccc(-c4ccc(-c5cc(-c6ccccc6)nc(-c6ccccc6)n5)cc4)c3)n2)cc1. The Morgan fingerprint density at radius 1 is 0.291 bits per heavy atom. The normalized spacial score (nSPS) is 12.4. The van der Waals surface area contributed by atoms with E-state index in [-0.39, 0.29) is 18.3 Å². The van der Waals surface area contributed by atoms with Crippen molar-refractivity contribution >= 4 is 29.9 Å². The Labute approximate surface area is 644 Å². The van der Waals surface area contributed by atoms with Gasteiger partial charge < -0.3 is 9.31 Å². The van der Waals surface area contributed by atoms with Gasteiger partial charge in [0.15, 0.2) is 52.3 Å². The van der Waals surface area contributed by atoms with Gasteiger partial charge in [0.2, 0.25) is 0 Å². The second kappa shape index (κ2) is 32.4. The summed E-state index contributed by atoms with van der Waals surface area (Å²) in [6, 6.07) is 113. The molecular weight excluding hydrogens is 1380 g/mol. The predicted molar refractivity (Wildman–Crippen MR) is 440 cm³/mol. The highest BCUT2D eigenvalue weighted by molar-refractivity contribution is 6.62. The summed E-state index contributed by atoms with van der Waals surface area (Å²) in [6.45, 7) is 15.6. The zero-order valence-electron chi connectivity index (χ0n) is 60.5. The minimum atomic E-state index is -0.380. The van der Waals surface area contributed by atoms with Gasteiger partial charge in [-0.2, -0.15) is 5.26 Å². The summed E-state index contributed by atoms with van der Waals surface area (Å²) in [5, 5.41) is 9.63. The Morgan fingerprint density at radius 3 is 0.927 bits per heavy atom. The number of aromatic nitrogens is 10. The Kier molecular flexibility index (Phi) is 21.1. The molecule has 12 aromatic carbocycles. The van der Waals surface area contributed by atoms with Crippen LogP contribution in [-0.2, 0) is 9.31 Å². The molecular formula is C94H68BClN12O2. The largest absolute Gasteiger partial charge is 0.494 e. The summed E-state index contributed by atoms with van der Waals surface area (Å²) in [7, 11) is -0.380. The molecule has 0 saturated carbocycles. The lowest BCUT2D eigenvalue weighted by Crippen LogP contribution is -2.41. The van der Waals surface area contributed by atoms with E-state index in [4.69, 9.17) is 67.6 Å². The molecule has 0 N–H and O–H groups in total. The highest BCUT2D eigenvalue weighted by Crippen LogP contribution is 2.38. The molecule has 0 spiro atoms. The van der Waals surface area contributed by atoms with Gasteiger partial charge in [-0.25, -0.2) is 54.7 Å². The smallest absolute Gasteiger partial charge is 0.399 e. The highest BCUT2D eigenvalue weighted by atomic mass is 35.5. The second-order valence-corrected chi connectivity index (χ2v) is 27.4. The van der Waals surface area contributed by atoms with Crippen molar-refractivity contribution in [3.63, 3.8) is 0 Å². The fraction of sp³-hybridized carbons (Fsp3) is 0.0638. The molecule has 5 heterocycles. The van der Waals surface area contributed by atoms with E-state index in [2.05, 4.69) is 145 Å². The summed E-state index contributed by atoms with van der Waals surface area (Å²) >= 11 is 6.14. The first-order valence-electron chi connectivity index (χ1n) is 35.8. The van der Waals surface area contributed by atoms with Gasteiger partial charge >= 0.3 is 7.12 Å². The standard InChI is InChI=1S/C44H28N6.C28H27BN2O2.C22H13ClN4/c1-45-38-26-24-35(25-27-38)43-48-42(34-16-9-4-10-17-34)49-44(50-43)37-19-11-18-36(28-37)30-20-22-32(23-21-30)40-29-39(31-12-5-2-6-13-31)46-41(47-40)33-14-7-3-8-15-33;1-27(2)28(3,4)33-29(32-27)23-17-15-21(16-18-23)25-19-24(20-11-7-5-8-12-20)30-26(31-25)22-13-9-6-10-14-22;23-19-8-4-7-18(13-19)22-26-20(16-5-2-1-3-6-16)25-21(27-22)17-11-9-15(14-24)10-12-17/h2-29H;5-19H,1-4H3;1-13H. The Balaban J connectivity index is 0.000000139. The lowest BCUT2D eigenvalue weighted by molar-refractivity contribution is 0.00578. The Hall–Kier alpha value is -13.9. The molecule has 0 aliphatic carbocycles. The fourth-order valence-electron chi connectivity index (χ4n) is 12.3. The van der Waals surface area contributed by atoms with Crippen LogP contribution >= 0.6 is 11.6 Å². The summed E-state index contributed by atoms with van der Waals surface area (Å²) in [6.07, 6.45) is 0. The van der Waals surface area contributed by atoms with Gasteiger partial charge in [0, 0.05) is 71.8 Å². The molecule has 14 nitrogen and oxygen atoms in total. The van der Waals surface area contributed by atoms with Crippen LogP contribution in [0.1, 0.15) is 33.3 Å². The topological polar surface area (TPSA) is 176 Å². The zero-order chi connectivity index (χ0) is 75.4. The molecule has 16 heteroatoms. The van der Waals surface area contributed by atoms with Gasteiger partial charge in [0.1, 0.15) is 0 Å². The molecule has 110 heavy (non-hydrogen) atoms. The first-order chi connectivity index (χ1) is 53.7. The van der Waals surface area contributed by atoms with Crippen LogP contribution in [0.15, 0.2) is 340 Å². The van der Waals surface area contributed by atoms with E-state index in [1.165, 1.54) is 0 Å². The molecule has 0 atom stereocenters.